The second-order valence-corrected chi connectivity index (χ2v) is 6.55. The maximum atomic E-state index is 12.8. The van der Waals surface area contributed by atoms with Gasteiger partial charge in [-0.2, -0.15) is 0 Å². The molecule has 0 atom stereocenters. The average Bonchev–Trinajstić information content (AvgIpc) is 2.88. The number of carbonyl (C=O) groups is 1. The number of hydrogen-bond acceptors (Lipinski definition) is 2. The highest BCUT2D eigenvalue weighted by atomic mass is 79.9. The fourth-order valence-electron chi connectivity index (χ4n) is 2.75. The topological polar surface area (TPSA) is 38.1 Å². The molecule has 0 spiro atoms. The van der Waals surface area contributed by atoms with E-state index in [-0.39, 0.29) is 11.9 Å². The molecule has 110 valence electrons. The van der Waals surface area contributed by atoms with E-state index in [0.717, 1.165) is 34.4 Å². The Morgan fingerprint density at radius 2 is 2.24 bits per heavy atom. The van der Waals surface area contributed by atoms with E-state index < -0.39 is 0 Å². The van der Waals surface area contributed by atoms with E-state index in [0.29, 0.717) is 6.54 Å². The summed E-state index contributed by atoms with van der Waals surface area (Å²) in [4.78, 5) is 19.1. The van der Waals surface area contributed by atoms with Crippen LogP contribution in [0.5, 0.6) is 0 Å². The smallest absolute Gasteiger partial charge is 0.270 e. The van der Waals surface area contributed by atoms with Crippen LogP contribution in [0.25, 0.3) is 0 Å². The number of rotatable bonds is 2. The zero-order valence-corrected chi connectivity index (χ0v) is 13.8. The predicted octanol–water partition coefficient (Wildman–Crippen LogP) is 3.43. The second-order valence-electron chi connectivity index (χ2n) is 5.63. The predicted molar refractivity (Wildman–Crippen MR) is 85.2 cm³/mol. The van der Waals surface area contributed by atoms with Gasteiger partial charge in [0.2, 0.25) is 0 Å². The number of amides is 1. The summed E-state index contributed by atoms with van der Waals surface area (Å²) in [5, 5.41) is 0. The molecule has 1 aliphatic heterocycles. The summed E-state index contributed by atoms with van der Waals surface area (Å²) in [5.74, 6) is 0.0869. The minimum absolute atomic E-state index is 0.0869. The van der Waals surface area contributed by atoms with Gasteiger partial charge in [0.05, 0.1) is 0 Å². The highest BCUT2D eigenvalue weighted by molar-refractivity contribution is 9.10. The fraction of sp³-hybridized carbons (Fsp3) is 0.375. The van der Waals surface area contributed by atoms with E-state index in [1.807, 2.05) is 34.0 Å². The van der Waals surface area contributed by atoms with Gasteiger partial charge < -0.3 is 9.47 Å². The lowest BCUT2D eigenvalue weighted by Gasteiger charge is -2.28. The molecule has 0 saturated heterocycles. The van der Waals surface area contributed by atoms with Crippen molar-refractivity contribution in [2.45, 2.75) is 32.9 Å². The molecule has 4 nitrogen and oxygen atoms in total. The second kappa shape index (κ2) is 5.64. The number of carbonyl (C=O) groups excluding carboxylic acids is 1. The average molecular weight is 348 g/mol. The fourth-order valence-corrected chi connectivity index (χ4v) is 3.18. The normalized spacial score (nSPS) is 14.4. The molecule has 1 amide bonds. The van der Waals surface area contributed by atoms with Gasteiger partial charge in [0.25, 0.3) is 5.91 Å². The van der Waals surface area contributed by atoms with Crippen LogP contribution in [0.4, 0.5) is 0 Å². The molecule has 21 heavy (non-hydrogen) atoms. The van der Waals surface area contributed by atoms with Crippen molar-refractivity contribution in [1.29, 1.82) is 0 Å². The van der Waals surface area contributed by atoms with Gasteiger partial charge in [0.15, 0.2) is 0 Å². The first-order chi connectivity index (χ1) is 10.1. The summed E-state index contributed by atoms with van der Waals surface area (Å²) in [5.41, 5.74) is 3.00. The van der Waals surface area contributed by atoms with Crippen LogP contribution in [0.2, 0.25) is 0 Å². The maximum Gasteiger partial charge on any atom is 0.270 e. The van der Waals surface area contributed by atoms with Crippen molar-refractivity contribution in [2.75, 3.05) is 6.54 Å². The molecule has 2 aromatic heterocycles. The Kier molecular flexibility index (Phi) is 3.85. The van der Waals surface area contributed by atoms with Crippen molar-refractivity contribution in [2.24, 2.45) is 0 Å². The summed E-state index contributed by atoms with van der Waals surface area (Å²) in [7, 11) is 0. The lowest BCUT2D eigenvalue weighted by molar-refractivity contribution is 0.0721. The number of hydrogen-bond donors (Lipinski definition) is 0. The minimum Gasteiger partial charge on any atom is -0.340 e. The lowest BCUT2D eigenvalue weighted by atomic mass is 10.1. The van der Waals surface area contributed by atoms with E-state index >= 15 is 0 Å². The van der Waals surface area contributed by atoms with Gasteiger partial charge in [-0.3, -0.25) is 9.78 Å². The standard InChI is InChI=1S/C16H18BrN3O/c1-11(2)20-10-13(17)8-15(20)16(21)19-7-5-14-12(9-19)4-3-6-18-14/h3-4,6,8,10-11H,5,7,9H2,1-2H3. The molecule has 0 fully saturated rings. The molecule has 0 radical (unpaired) electrons. The third kappa shape index (κ3) is 2.75. The molecular weight excluding hydrogens is 330 g/mol. The Bertz CT molecular complexity index is 678. The van der Waals surface area contributed by atoms with Crippen LogP contribution in [0.3, 0.4) is 0 Å². The Labute approximate surface area is 132 Å². The molecule has 2 aromatic rings. The van der Waals surface area contributed by atoms with Crippen LogP contribution in [-0.2, 0) is 13.0 Å². The van der Waals surface area contributed by atoms with Crippen LogP contribution in [0.15, 0.2) is 35.1 Å². The number of fused-ring (bicyclic) bond motifs is 1. The first-order valence-corrected chi connectivity index (χ1v) is 7.95. The molecule has 0 aliphatic carbocycles. The molecular formula is C16H18BrN3O. The van der Waals surface area contributed by atoms with Gasteiger partial charge in [-0.1, -0.05) is 6.07 Å². The van der Waals surface area contributed by atoms with E-state index in [1.54, 1.807) is 0 Å². The van der Waals surface area contributed by atoms with Crippen LogP contribution >= 0.6 is 15.9 Å². The van der Waals surface area contributed by atoms with Gasteiger partial charge in [0, 0.05) is 48.1 Å². The Balaban J connectivity index is 1.87. The molecule has 0 saturated carbocycles. The first-order valence-electron chi connectivity index (χ1n) is 7.15. The van der Waals surface area contributed by atoms with E-state index in [9.17, 15) is 4.79 Å². The first kappa shape index (κ1) is 14.3. The molecule has 1 aliphatic rings. The summed E-state index contributed by atoms with van der Waals surface area (Å²) in [6.45, 7) is 5.53. The Hall–Kier alpha value is -1.62. The number of aromatic nitrogens is 2. The number of pyridine rings is 1. The highest BCUT2D eigenvalue weighted by Gasteiger charge is 2.25. The lowest BCUT2D eigenvalue weighted by Crippen LogP contribution is -2.37. The molecule has 3 heterocycles. The summed E-state index contributed by atoms with van der Waals surface area (Å²) < 4.78 is 2.96. The molecule has 0 unspecified atom stereocenters. The zero-order valence-electron chi connectivity index (χ0n) is 12.2. The maximum absolute atomic E-state index is 12.8. The molecule has 0 bridgehead atoms. The van der Waals surface area contributed by atoms with E-state index in [4.69, 9.17) is 0 Å². The van der Waals surface area contributed by atoms with Crippen molar-refractivity contribution in [3.63, 3.8) is 0 Å². The van der Waals surface area contributed by atoms with Crippen LogP contribution in [0.1, 0.15) is 41.6 Å². The van der Waals surface area contributed by atoms with E-state index in [2.05, 4.69) is 40.8 Å². The molecule has 3 rings (SSSR count). The van der Waals surface area contributed by atoms with Gasteiger partial charge in [0.1, 0.15) is 5.69 Å². The molecule has 0 N–H and O–H groups in total. The zero-order chi connectivity index (χ0) is 15.0. The van der Waals surface area contributed by atoms with Crippen LogP contribution in [-0.4, -0.2) is 26.9 Å². The summed E-state index contributed by atoms with van der Waals surface area (Å²) >= 11 is 3.47. The van der Waals surface area contributed by atoms with Crippen LogP contribution < -0.4 is 0 Å². The third-order valence-electron chi connectivity index (χ3n) is 3.84. The Morgan fingerprint density at radius 3 is 3.00 bits per heavy atom. The third-order valence-corrected chi connectivity index (χ3v) is 4.28. The van der Waals surface area contributed by atoms with Gasteiger partial charge >= 0.3 is 0 Å². The largest absolute Gasteiger partial charge is 0.340 e. The van der Waals surface area contributed by atoms with Crippen LogP contribution in [0, 0.1) is 0 Å². The number of nitrogens with zero attached hydrogens (tertiary/aromatic N) is 3. The quantitative estimate of drug-likeness (QED) is 0.834. The molecule has 5 heteroatoms. The number of halogens is 1. The van der Waals surface area contributed by atoms with Gasteiger partial charge in [-0.15, -0.1) is 0 Å². The highest BCUT2D eigenvalue weighted by Crippen LogP contribution is 2.23. The Morgan fingerprint density at radius 1 is 1.43 bits per heavy atom. The van der Waals surface area contributed by atoms with Gasteiger partial charge in [-0.25, -0.2) is 0 Å². The van der Waals surface area contributed by atoms with E-state index in [1.165, 1.54) is 0 Å². The molecule has 0 aromatic carbocycles. The summed E-state index contributed by atoms with van der Waals surface area (Å²) in [6.07, 6.45) is 4.61. The van der Waals surface area contributed by atoms with Gasteiger partial charge in [-0.05, 0) is 47.5 Å². The summed E-state index contributed by atoms with van der Waals surface area (Å²) in [6, 6.07) is 6.15. The SMILES string of the molecule is CC(C)n1cc(Br)cc1C(=O)N1CCc2ncccc2C1. The minimum atomic E-state index is 0.0869. The van der Waals surface area contributed by atoms with Crippen molar-refractivity contribution >= 4 is 21.8 Å². The van der Waals surface area contributed by atoms with Crippen molar-refractivity contribution in [3.8, 4) is 0 Å². The van der Waals surface area contributed by atoms with Crippen molar-refractivity contribution < 1.29 is 4.79 Å². The van der Waals surface area contributed by atoms with Crippen molar-refractivity contribution in [1.82, 2.24) is 14.5 Å². The monoisotopic (exact) mass is 347 g/mol. The van der Waals surface area contributed by atoms with Crippen molar-refractivity contribution in [3.05, 3.63) is 52.0 Å².